The van der Waals surface area contributed by atoms with Crippen molar-refractivity contribution in [2.24, 2.45) is 10.2 Å². The predicted molar refractivity (Wildman–Crippen MR) is 99.0 cm³/mol. The third-order valence-electron chi connectivity index (χ3n) is 3.84. The minimum absolute atomic E-state index is 0.0912. The summed E-state index contributed by atoms with van der Waals surface area (Å²) in [7, 11) is -2.16. The SMILES string of the molecule is CCC[Si](CCC)(CCC)OC(=O)/N=N/C(=O)OCc1ccccc1. The first-order chi connectivity index (χ1) is 12.0. The zero-order chi connectivity index (χ0) is 18.5. The molecule has 7 heteroatoms. The van der Waals surface area contributed by atoms with Gasteiger partial charge in [-0.2, -0.15) is 0 Å². The second kappa shape index (κ2) is 11.5. The average Bonchev–Trinajstić information content (AvgIpc) is 2.60. The van der Waals surface area contributed by atoms with Gasteiger partial charge in [-0.05, 0) is 23.7 Å². The number of amides is 2. The van der Waals surface area contributed by atoms with Crippen molar-refractivity contribution in [2.75, 3.05) is 0 Å². The number of benzene rings is 1. The molecule has 0 spiro atoms. The summed E-state index contributed by atoms with van der Waals surface area (Å²) < 4.78 is 10.7. The summed E-state index contributed by atoms with van der Waals surface area (Å²) in [6.07, 6.45) is 1.23. The highest BCUT2D eigenvalue weighted by molar-refractivity contribution is 6.75. The van der Waals surface area contributed by atoms with Crippen LogP contribution >= 0.6 is 0 Å². The molecule has 2 amide bonds. The Morgan fingerprint density at radius 3 is 1.92 bits per heavy atom. The predicted octanol–water partition coefficient (Wildman–Crippen LogP) is 6.09. The second-order valence-electron chi connectivity index (χ2n) is 6.04. The summed E-state index contributed by atoms with van der Waals surface area (Å²) in [6.45, 7) is 6.35. The van der Waals surface area contributed by atoms with Crippen molar-refractivity contribution in [2.45, 2.75) is 64.8 Å². The van der Waals surface area contributed by atoms with E-state index in [1.165, 1.54) is 0 Å². The number of azo groups is 1. The molecule has 0 aliphatic heterocycles. The third kappa shape index (κ3) is 8.06. The molecule has 0 heterocycles. The van der Waals surface area contributed by atoms with E-state index in [1.54, 1.807) is 0 Å². The topological polar surface area (TPSA) is 77.3 Å². The lowest BCUT2D eigenvalue weighted by Gasteiger charge is -2.29. The summed E-state index contributed by atoms with van der Waals surface area (Å²) in [5.41, 5.74) is 0.842. The second-order valence-corrected chi connectivity index (χ2v) is 10.1. The number of hydrogen-bond acceptors (Lipinski definition) is 4. The van der Waals surface area contributed by atoms with Gasteiger partial charge in [-0.3, -0.25) is 0 Å². The molecule has 0 aliphatic carbocycles. The van der Waals surface area contributed by atoms with Crippen LogP contribution in [-0.4, -0.2) is 20.5 Å². The summed E-state index contributed by atoms with van der Waals surface area (Å²) in [4.78, 5) is 23.6. The van der Waals surface area contributed by atoms with Gasteiger partial charge in [0.25, 0.3) is 8.32 Å². The maximum Gasteiger partial charge on any atom is 0.452 e. The molecule has 0 fully saturated rings. The maximum atomic E-state index is 12.0. The molecule has 1 aromatic carbocycles. The molecular formula is C18H28N2O4Si. The summed E-state index contributed by atoms with van der Waals surface area (Å²) in [6, 6.07) is 12.0. The van der Waals surface area contributed by atoms with Gasteiger partial charge in [0.05, 0.1) is 0 Å². The van der Waals surface area contributed by atoms with Gasteiger partial charge in [0.1, 0.15) is 6.61 Å². The van der Waals surface area contributed by atoms with Crippen LogP contribution in [0.5, 0.6) is 0 Å². The number of ether oxygens (including phenoxy) is 1. The molecule has 0 aromatic heterocycles. The van der Waals surface area contributed by atoms with Crippen molar-refractivity contribution in [3.05, 3.63) is 35.9 Å². The van der Waals surface area contributed by atoms with Gasteiger partial charge in [-0.25, -0.2) is 9.59 Å². The quantitative estimate of drug-likeness (QED) is 0.392. The van der Waals surface area contributed by atoms with Crippen LogP contribution in [0.25, 0.3) is 0 Å². The van der Waals surface area contributed by atoms with Crippen LogP contribution in [0.1, 0.15) is 45.6 Å². The summed E-state index contributed by atoms with van der Waals surface area (Å²) in [5, 5.41) is 6.71. The Kier molecular flexibility index (Phi) is 9.68. The highest BCUT2D eigenvalue weighted by atomic mass is 28.4. The zero-order valence-electron chi connectivity index (χ0n) is 15.4. The van der Waals surface area contributed by atoms with E-state index >= 15 is 0 Å². The zero-order valence-corrected chi connectivity index (χ0v) is 16.4. The molecule has 0 unspecified atom stereocenters. The first-order valence-corrected chi connectivity index (χ1v) is 11.4. The fraction of sp³-hybridized carbons (Fsp3) is 0.556. The van der Waals surface area contributed by atoms with E-state index in [0.29, 0.717) is 0 Å². The largest absolute Gasteiger partial charge is 0.501 e. The Bertz CT molecular complexity index is 546. The van der Waals surface area contributed by atoms with E-state index in [1.807, 2.05) is 30.3 Å². The molecule has 0 aliphatic rings. The van der Waals surface area contributed by atoms with Gasteiger partial charge < -0.3 is 9.16 Å². The van der Waals surface area contributed by atoms with Crippen LogP contribution in [-0.2, 0) is 15.8 Å². The lowest BCUT2D eigenvalue weighted by Crippen LogP contribution is -2.39. The number of carbonyl (C=O) groups excluding carboxylic acids is 2. The van der Waals surface area contributed by atoms with Crippen molar-refractivity contribution in [1.82, 2.24) is 0 Å². The van der Waals surface area contributed by atoms with E-state index in [9.17, 15) is 9.59 Å². The van der Waals surface area contributed by atoms with Gasteiger partial charge in [0.15, 0.2) is 0 Å². The van der Waals surface area contributed by atoms with E-state index < -0.39 is 20.5 Å². The molecule has 138 valence electrons. The van der Waals surface area contributed by atoms with Crippen molar-refractivity contribution in [3.63, 3.8) is 0 Å². The Morgan fingerprint density at radius 2 is 1.40 bits per heavy atom. The molecule has 0 saturated carbocycles. The van der Waals surface area contributed by atoms with Crippen LogP contribution in [0.2, 0.25) is 18.1 Å². The smallest absolute Gasteiger partial charge is 0.452 e. The lowest BCUT2D eigenvalue weighted by atomic mass is 10.2. The average molecular weight is 365 g/mol. The number of hydrogen-bond donors (Lipinski definition) is 0. The molecule has 0 N–H and O–H groups in total. The molecule has 0 atom stereocenters. The highest BCUT2D eigenvalue weighted by Gasteiger charge is 2.36. The molecule has 6 nitrogen and oxygen atoms in total. The van der Waals surface area contributed by atoms with Crippen molar-refractivity contribution in [3.8, 4) is 0 Å². The molecule has 1 aromatic rings. The summed E-state index contributed by atoms with van der Waals surface area (Å²) in [5.74, 6) is 0. The number of nitrogens with zero attached hydrogens (tertiary/aromatic N) is 2. The number of rotatable bonds is 9. The fourth-order valence-corrected chi connectivity index (χ4v) is 7.13. The Balaban J connectivity index is 2.56. The molecule has 0 saturated heterocycles. The van der Waals surface area contributed by atoms with E-state index in [0.717, 1.165) is 43.0 Å². The van der Waals surface area contributed by atoms with Crippen molar-refractivity contribution in [1.29, 1.82) is 0 Å². The Hall–Kier alpha value is -2.02. The van der Waals surface area contributed by atoms with Crippen molar-refractivity contribution >= 4 is 20.5 Å². The summed E-state index contributed by atoms with van der Waals surface area (Å²) >= 11 is 0. The fourth-order valence-electron chi connectivity index (χ4n) is 2.93. The van der Waals surface area contributed by atoms with Crippen LogP contribution in [0.15, 0.2) is 40.6 Å². The molecule has 0 bridgehead atoms. The molecule has 1 rings (SSSR count). The van der Waals surface area contributed by atoms with Crippen molar-refractivity contribution < 1.29 is 18.8 Å². The van der Waals surface area contributed by atoms with E-state index in [-0.39, 0.29) is 6.61 Å². The van der Waals surface area contributed by atoms with Gasteiger partial charge in [0.2, 0.25) is 0 Å². The Labute approximate surface area is 150 Å². The van der Waals surface area contributed by atoms with Gasteiger partial charge >= 0.3 is 12.2 Å². The minimum atomic E-state index is -2.16. The van der Waals surface area contributed by atoms with Crippen LogP contribution in [0.4, 0.5) is 9.59 Å². The van der Waals surface area contributed by atoms with Gasteiger partial charge in [-0.15, -0.1) is 0 Å². The highest BCUT2D eigenvalue weighted by Crippen LogP contribution is 2.28. The first-order valence-electron chi connectivity index (χ1n) is 8.90. The number of carbonyl (C=O) groups is 2. The monoisotopic (exact) mass is 364 g/mol. The van der Waals surface area contributed by atoms with Gasteiger partial charge in [0, 0.05) is 0 Å². The molecule has 0 radical (unpaired) electrons. The van der Waals surface area contributed by atoms with Crippen LogP contribution in [0.3, 0.4) is 0 Å². The van der Waals surface area contributed by atoms with Gasteiger partial charge in [-0.1, -0.05) is 80.6 Å². The minimum Gasteiger partial charge on any atom is -0.501 e. The lowest BCUT2D eigenvalue weighted by molar-refractivity contribution is 0.147. The standard InChI is InChI=1S/C18H28N2O4Si/c1-4-12-25(13-5-2,14-6-3)24-18(22)20-19-17(21)23-15-16-10-8-7-9-11-16/h7-11H,4-6,12-15H2,1-3H3/b20-19+. The van der Waals surface area contributed by atoms with Crippen LogP contribution in [0, 0.1) is 0 Å². The first kappa shape index (κ1) is 21.0. The maximum absolute atomic E-state index is 12.0. The Morgan fingerprint density at radius 1 is 0.880 bits per heavy atom. The molecular weight excluding hydrogens is 336 g/mol. The third-order valence-corrected chi connectivity index (χ3v) is 8.68. The van der Waals surface area contributed by atoms with E-state index in [4.69, 9.17) is 9.16 Å². The van der Waals surface area contributed by atoms with E-state index in [2.05, 4.69) is 31.0 Å². The molecule has 25 heavy (non-hydrogen) atoms. The normalized spacial score (nSPS) is 11.5. The van der Waals surface area contributed by atoms with Crippen LogP contribution < -0.4 is 0 Å².